The number of nitrogens with one attached hydrogen (secondary N) is 1. The highest BCUT2D eigenvalue weighted by atomic mass is 16.5. The number of ether oxygens (including phenoxy) is 1. The predicted molar refractivity (Wildman–Crippen MR) is 93.6 cm³/mol. The zero-order valence-corrected chi connectivity index (χ0v) is 14.9. The summed E-state index contributed by atoms with van der Waals surface area (Å²) in [6.45, 7) is 9.13. The number of carbonyl (C=O) groups is 1. The summed E-state index contributed by atoms with van der Waals surface area (Å²) in [4.78, 5) is 14.4. The first-order chi connectivity index (χ1) is 10.9. The van der Waals surface area contributed by atoms with Gasteiger partial charge in [-0.1, -0.05) is 32.9 Å². The van der Waals surface area contributed by atoms with Gasteiger partial charge in [-0.15, -0.1) is 0 Å². The van der Waals surface area contributed by atoms with E-state index < -0.39 is 0 Å². The van der Waals surface area contributed by atoms with Gasteiger partial charge in [-0.2, -0.15) is 0 Å². The molecule has 4 heteroatoms. The van der Waals surface area contributed by atoms with Crippen molar-refractivity contribution in [2.75, 3.05) is 20.2 Å². The van der Waals surface area contributed by atoms with Gasteiger partial charge < -0.3 is 15.0 Å². The molecule has 2 amide bonds. The Morgan fingerprint density at radius 1 is 1.30 bits per heavy atom. The monoisotopic (exact) mass is 318 g/mol. The van der Waals surface area contributed by atoms with Crippen LogP contribution < -0.4 is 10.1 Å². The lowest BCUT2D eigenvalue weighted by Crippen LogP contribution is -2.45. The molecule has 1 aliphatic heterocycles. The average molecular weight is 318 g/mol. The van der Waals surface area contributed by atoms with E-state index in [0.717, 1.165) is 30.8 Å². The molecule has 0 saturated carbocycles. The molecule has 1 fully saturated rings. The van der Waals surface area contributed by atoms with Crippen LogP contribution in [0.25, 0.3) is 0 Å². The van der Waals surface area contributed by atoms with Crippen LogP contribution in [0.2, 0.25) is 0 Å². The molecule has 1 unspecified atom stereocenters. The molecular formula is C19H30N2O2. The maximum Gasteiger partial charge on any atom is 0.317 e. The summed E-state index contributed by atoms with van der Waals surface area (Å²) in [5.41, 5.74) is 1.41. The quantitative estimate of drug-likeness (QED) is 0.910. The van der Waals surface area contributed by atoms with Gasteiger partial charge in [0.05, 0.1) is 7.11 Å². The molecule has 1 heterocycles. The highest BCUT2D eigenvalue weighted by Crippen LogP contribution is 2.30. The molecule has 1 saturated heterocycles. The maximum atomic E-state index is 12.4. The SMILES string of the molecule is COc1ccc(CNC(=O)N2CCCC(CC(C)(C)C)C2)cc1. The van der Waals surface area contributed by atoms with Gasteiger partial charge in [0.2, 0.25) is 0 Å². The highest BCUT2D eigenvalue weighted by molar-refractivity contribution is 5.74. The zero-order chi connectivity index (χ0) is 16.9. The fourth-order valence-electron chi connectivity index (χ4n) is 3.32. The lowest BCUT2D eigenvalue weighted by molar-refractivity contribution is 0.145. The van der Waals surface area contributed by atoms with Crippen LogP contribution in [0.3, 0.4) is 0 Å². The number of hydrogen-bond acceptors (Lipinski definition) is 2. The van der Waals surface area contributed by atoms with E-state index in [0.29, 0.717) is 17.9 Å². The van der Waals surface area contributed by atoms with Crippen LogP contribution in [-0.4, -0.2) is 31.1 Å². The molecule has 1 aromatic rings. The van der Waals surface area contributed by atoms with Crippen LogP contribution in [-0.2, 0) is 6.54 Å². The van der Waals surface area contributed by atoms with Crippen LogP contribution in [0.15, 0.2) is 24.3 Å². The lowest BCUT2D eigenvalue weighted by atomic mass is 9.81. The first-order valence-electron chi connectivity index (χ1n) is 8.53. The topological polar surface area (TPSA) is 41.6 Å². The van der Waals surface area contributed by atoms with Gasteiger partial charge >= 0.3 is 6.03 Å². The molecule has 1 aromatic carbocycles. The summed E-state index contributed by atoms with van der Waals surface area (Å²) in [6.07, 6.45) is 3.52. The average Bonchev–Trinajstić information content (AvgIpc) is 2.51. The minimum absolute atomic E-state index is 0.0550. The third kappa shape index (κ3) is 5.77. The molecule has 128 valence electrons. The summed E-state index contributed by atoms with van der Waals surface area (Å²) in [5, 5.41) is 3.04. The largest absolute Gasteiger partial charge is 0.497 e. The number of hydrogen-bond donors (Lipinski definition) is 1. The predicted octanol–water partition coefficient (Wildman–Crippen LogP) is 4.05. The van der Waals surface area contributed by atoms with Gasteiger partial charge in [0, 0.05) is 19.6 Å². The van der Waals surface area contributed by atoms with Crippen LogP contribution in [0.4, 0.5) is 4.79 Å². The molecule has 1 aliphatic rings. The van der Waals surface area contributed by atoms with Crippen LogP contribution >= 0.6 is 0 Å². The minimum atomic E-state index is 0.0550. The van der Waals surface area contributed by atoms with Crippen molar-refractivity contribution < 1.29 is 9.53 Å². The van der Waals surface area contributed by atoms with E-state index in [2.05, 4.69) is 26.1 Å². The molecule has 0 aromatic heterocycles. The Balaban J connectivity index is 1.82. The van der Waals surface area contributed by atoms with Gasteiger partial charge in [0.15, 0.2) is 0 Å². The van der Waals surface area contributed by atoms with Crippen molar-refractivity contribution in [3.63, 3.8) is 0 Å². The van der Waals surface area contributed by atoms with Crippen LogP contribution in [0.5, 0.6) is 5.75 Å². The molecular weight excluding hydrogens is 288 g/mol. The van der Waals surface area contributed by atoms with Crippen molar-refractivity contribution in [1.82, 2.24) is 10.2 Å². The number of rotatable bonds is 4. The second kappa shape index (κ2) is 7.71. The summed E-state index contributed by atoms with van der Waals surface area (Å²) >= 11 is 0. The lowest BCUT2D eigenvalue weighted by Gasteiger charge is -2.35. The third-order valence-electron chi connectivity index (χ3n) is 4.31. The highest BCUT2D eigenvalue weighted by Gasteiger charge is 2.26. The fourth-order valence-corrected chi connectivity index (χ4v) is 3.32. The van der Waals surface area contributed by atoms with E-state index in [4.69, 9.17) is 4.74 Å². The van der Waals surface area contributed by atoms with E-state index >= 15 is 0 Å². The minimum Gasteiger partial charge on any atom is -0.497 e. The van der Waals surface area contributed by atoms with Gasteiger partial charge in [-0.25, -0.2) is 4.79 Å². The number of amides is 2. The van der Waals surface area contributed by atoms with E-state index in [1.807, 2.05) is 29.2 Å². The van der Waals surface area contributed by atoms with E-state index in [9.17, 15) is 4.79 Å². The second-order valence-electron chi connectivity index (χ2n) is 7.73. The van der Waals surface area contributed by atoms with Gasteiger partial charge in [0.1, 0.15) is 5.75 Å². The number of likely N-dealkylation sites (tertiary alicyclic amines) is 1. The Morgan fingerprint density at radius 3 is 2.61 bits per heavy atom. The number of piperidine rings is 1. The van der Waals surface area contributed by atoms with Gasteiger partial charge in [-0.3, -0.25) is 0 Å². The van der Waals surface area contributed by atoms with Crippen molar-refractivity contribution in [2.45, 2.75) is 46.6 Å². The number of nitrogens with zero attached hydrogens (tertiary/aromatic N) is 1. The Labute approximate surface area is 140 Å². The molecule has 1 N–H and O–H groups in total. The smallest absolute Gasteiger partial charge is 0.317 e. The summed E-state index contributed by atoms with van der Waals surface area (Å²) in [5.74, 6) is 1.46. The standard InChI is InChI=1S/C19H30N2O2/c1-19(2,3)12-16-6-5-11-21(14-16)18(22)20-13-15-7-9-17(23-4)10-8-15/h7-10,16H,5-6,11-14H2,1-4H3,(H,20,22). The van der Waals surface area contributed by atoms with Crippen LogP contribution in [0.1, 0.15) is 45.6 Å². The first-order valence-corrected chi connectivity index (χ1v) is 8.53. The van der Waals surface area contributed by atoms with Crippen molar-refractivity contribution in [1.29, 1.82) is 0 Å². The van der Waals surface area contributed by atoms with Crippen LogP contribution in [0, 0.1) is 11.3 Å². The number of carbonyl (C=O) groups excluding carboxylic acids is 1. The number of urea groups is 1. The normalized spacial score (nSPS) is 18.6. The third-order valence-corrected chi connectivity index (χ3v) is 4.31. The molecule has 0 radical (unpaired) electrons. The van der Waals surface area contributed by atoms with E-state index in [1.54, 1.807) is 7.11 Å². The van der Waals surface area contributed by atoms with Crippen molar-refractivity contribution in [3.05, 3.63) is 29.8 Å². The summed E-state index contributed by atoms with van der Waals surface area (Å²) in [7, 11) is 1.65. The van der Waals surface area contributed by atoms with Crippen molar-refractivity contribution in [3.8, 4) is 5.75 Å². The first kappa shape index (κ1) is 17.6. The van der Waals surface area contributed by atoms with E-state index in [-0.39, 0.29) is 6.03 Å². The number of benzene rings is 1. The molecule has 0 bridgehead atoms. The molecule has 2 rings (SSSR count). The molecule has 1 atom stereocenters. The molecule has 0 spiro atoms. The Morgan fingerprint density at radius 2 is 2.00 bits per heavy atom. The van der Waals surface area contributed by atoms with Gasteiger partial charge in [0.25, 0.3) is 0 Å². The summed E-state index contributed by atoms with van der Waals surface area (Å²) < 4.78 is 5.15. The molecule has 23 heavy (non-hydrogen) atoms. The van der Waals surface area contributed by atoms with Crippen molar-refractivity contribution in [2.24, 2.45) is 11.3 Å². The molecule has 4 nitrogen and oxygen atoms in total. The maximum absolute atomic E-state index is 12.4. The van der Waals surface area contributed by atoms with E-state index in [1.165, 1.54) is 12.8 Å². The Kier molecular flexibility index (Phi) is 5.91. The molecule has 0 aliphatic carbocycles. The summed E-state index contributed by atoms with van der Waals surface area (Å²) in [6, 6.07) is 7.86. The fraction of sp³-hybridized carbons (Fsp3) is 0.632. The number of methoxy groups -OCH3 is 1. The Hall–Kier alpha value is -1.71. The second-order valence-corrected chi connectivity index (χ2v) is 7.73. The Bertz CT molecular complexity index is 505. The van der Waals surface area contributed by atoms with Gasteiger partial charge in [-0.05, 0) is 48.3 Å². The van der Waals surface area contributed by atoms with Crippen molar-refractivity contribution >= 4 is 6.03 Å². The zero-order valence-electron chi connectivity index (χ0n) is 14.9.